The highest BCUT2D eigenvalue weighted by atomic mass is 32.2. The van der Waals surface area contributed by atoms with Gasteiger partial charge in [-0.25, -0.2) is 31.9 Å². The van der Waals surface area contributed by atoms with Gasteiger partial charge in [0.15, 0.2) is 5.75 Å². The molecular formula is C14H13F2N5O4S2. The number of alkyl halides is 2. The number of anilines is 1. The molecule has 2 N–H and O–H groups in total. The number of H-pyrrole nitrogens is 1. The predicted molar refractivity (Wildman–Crippen MR) is 92.8 cm³/mol. The summed E-state index contributed by atoms with van der Waals surface area (Å²) in [5.74, 6) is -0.609. The van der Waals surface area contributed by atoms with Crippen molar-refractivity contribution in [3.63, 3.8) is 0 Å². The van der Waals surface area contributed by atoms with Gasteiger partial charge in [0, 0.05) is 17.8 Å². The van der Waals surface area contributed by atoms with Crippen molar-refractivity contribution in [2.75, 3.05) is 18.4 Å². The lowest BCUT2D eigenvalue weighted by atomic mass is 10.4. The van der Waals surface area contributed by atoms with Crippen molar-refractivity contribution in [2.45, 2.75) is 11.3 Å². The van der Waals surface area contributed by atoms with Crippen LogP contribution in [0.1, 0.15) is 0 Å². The Labute approximate surface area is 156 Å². The molecule has 144 valence electrons. The minimum atomic E-state index is -3.99. The number of rotatable bonds is 8. The molecule has 0 aliphatic rings. The molecule has 0 amide bonds. The van der Waals surface area contributed by atoms with Crippen molar-refractivity contribution in [1.29, 1.82) is 0 Å². The predicted octanol–water partition coefficient (Wildman–Crippen LogP) is 2.38. The van der Waals surface area contributed by atoms with Gasteiger partial charge in [-0.3, -0.25) is 0 Å². The van der Waals surface area contributed by atoms with Gasteiger partial charge in [0.05, 0.1) is 19.0 Å². The van der Waals surface area contributed by atoms with Crippen molar-refractivity contribution in [1.82, 2.24) is 19.9 Å². The van der Waals surface area contributed by atoms with E-state index in [4.69, 9.17) is 9.47 Å². The largest absolute Gasteiger partial charge is 0.481 e. The molecule has 9 nitrogen and oxygen atoms in total. The number of ether oxygens (including phenoxy) is 2. The third kappa shape index (κ3) is 4.49. The van der Waals surface area contributed by atoms with E-state index >= 15 is 0 Å². The maximum Gasteiger partial charge on any atom is 0.272 e. The van der Waals surface area contributed by atoms with Crippen LogP contribution in [0.2, 0.25) is 0 Å². The molecule has 13 heteroatoms. The number of nitrogens with one attached hydrogen (secondary N) is 2. The second-order valence-corrected chi connectivity index (χ2v) is 7.54. The fraction of sp³-hybridized carbons (Fsp3) is 0.214. The SMILES string of the molecule is COc1nc(NS(=O)(=O)c2c[nH]c(-c3nccs3)c2)ncc1OCC(F)F. The summed E-state index contributed by atoms with van der Waals surface area (Å²) < 4.78 is 61.4. The quantitative estimate of drug-likeness (QED) is 0.577. The molecule has 0 radical (unpaired) electrons. The van der Waals surface area contributed by atoms with Crippen LogP contribution >= 0.6 is 11.3 Å². The highest BCUT2D eigenvalue weighted by molar-refractivity contribution is 7.92. The van der Waals surface area contributed by atoms with Gasteiger partial charge in [0.1, 0.15) is 16.5 Å². The molecular weight excluding hydrogens is 404 g/mol. The van der Waals surface area contributed by atoms with Crippen LogP contribution in [-0.2, 0) is 10.0 Å². The van der Waals surface area contributed by atoms with E-state index in [-0.39, 0.29) is 22.5 Å². The van der Waals surface area contributed by atoms with Gasteiger partial charge in [-0.15, -0.1) is 11.3 Å². The van der Waals surface area contributed by atoms with E-state index in [1.807, 2.05) is 0 Å². The van der Waals surface area contributed by atoms with Crippen molar-refractivity contribution in [3.05, 3.63) is 30.0 Å². The van der Waals surface area contributed by atoms with E-state index in [0.29, 0.717) is 10.7 Å². The topological polar surface area (TPSA) is 119 Å². The third-order valence-corrected chi connectivity index (χ3v) is 5.25. The van der Waals surface area contributed by atoms with Crippen LogP contribution in [-0.4, -0.2) is 48.5 Å². The average Bonchev–Trinajstić information content (AvgIpc) is 3.31. The summed E-state index contributed by atoms with van der Waals surface area (Å²) in [7, 11) is -2.75. The molecule has 0 fully saturated rings. The minimum absolute atomic E-state index is 0.0479. The lowest BCUT2D eigenvalue weighted by molar-refractivity contribution is 0.0799. The Hall–Kier alpha value is -2.80. The van der Waals surface area contributed by atoms with Crippen LogP contribution in [0.15, 0.2) is 34.9 Å². The molecule has 0 bridgehead atoms. The first-order valence-corrected chi connectivity index (χ1v) is 9.68. The highest BCUT2D eigenvalue weighted by Gasteiger charge is 2.20. The molecule has 0 saturated carbocycles. The van der Waals surface area contributed by atoms with Crippen molar-refractivity contribution >= 4 is 27.3 Å². The fourth-order valence-corrected chi connectivity index (χ4v) is 3.55. The minimum Gasteiger partial charge on any atom is -0.481 e. The van der Waals surface area contributed by atoms with Crippen LogP contribution in [0.3, 0.4) is 0 Å². The molecule has 0 aromatic carbocycles. The molecule has 0 spiro atoms. The Kier molecular flexibility index (Phi) is 5.51. The van der Waals surface area contributed by atoms with Gasteiger partial charge in [0.2, 0.25) is 5.95 Å². The highest BCUT2D eigenvalue weighted by Crippen LogP contribution is 2.27. The first kappa shape index (κ1) is 19.0. The van der Waals surface area contributed by atoms with E-state index in [9.17, 15) is 17.2 Å². The van der Waals surface area contributed by atoms with Crippen LogP contribution in [0.25, 0.3) is 10.7 Å². The van der Waals surface area contributed by atoms with Crippen molar-refractivity contribution < 1.29 is 26.7 Å². The average molecular weight is 417 g/mol. The lowest BCUT2D eigenvalue weighted by Gasteiger charge is -2.10. The number of methoxy groups -OCH3 is 1. The second kappa shape index (κ2) is 7.84. The van der Waals surface area contributed by atoms with E-state index in [1.165, 1.54) is 30.7 Å². The Morgan fingerprint density at radius 2 is 2.19 bits per heavy atom. The third-order valence-electron chi connectivity index (χ3n) is 3.14. The normalized spacial score (nSPS) is 11.6. The molecule has 3 rings (SSSR count). The molecule has 0 unspecified atom stereocenters. The number of aromatic amines is 1. The van der Waals surface area contributed by atoms with Crippen LogP contribution in [0.5, 0.6) is 11.6 Å². The fourth-order valence-electron chi connectivity index (χ4n) is 1.99. The summed E-state index contributed by atoms with van der Waals surface area (Å²) in [5.41, 5.74) is 0.541. The first-order valence-electron chi connectivity index (χ1n) is 7.32. The zero-order valence-electron chi connectivity index (χ0n) is 13.7. The van der Waals surface area contributed by atoms with Gasteiger partial charge in [-0.1, -0.05) is 0 Å². The number of nitrogens with zero attached hydrogens (tertiary/aromatic N) is 3. The van der Waals surface area contributed by atoms with Gasteiger partial charge in [0.25, 0.3) is 22.3 Å². The molecule has 0 saturated heterocycles. The standard InChI is InChI=1S/C14H13F2N5O4S2/c1-24-12-10(25-7-11(15)16)6-19-14(20-12)21-27(22,23)8-4-9(18-5-8)13-17-2-3-26-13/h2-6,11,18H,7H2,1H3,(H,19,20,21). The Morgan fingerprint density at radius 1 is 1.37 bits per heavy atom. The van der Waals surface area contributed by atoms with Crippen LogP contribution in [0.4, 0.5) is 14.7 Å². The first-order chi connectivity index (χ1) is 12.9. The maximum atomic E-state index is 12.5. The Bertz CT molecular complexity index is 1010. The number of halogens is 2. The van der Waals surface area contributed by atoms with E-state index < -0.39 is 23.1 Å². The molecule has 0 atom stereocenters. The summed E-state index contributed by atoms with van der Waals surface area (Å²) in [4.78, 5) is 14.5. The summed E-state index contributed by atoms with van der Waals surface area (Å²) in [5, 5.41) is 2.40. The monoisotopic (exact) mass is 417 g/mol. The van der Waals surface area contributed by atoms with Gasteiger partial charge < -0.3 is 14.5 Å². The molecule has 3 aromatic rings. The number of aromatic nitrogens is 4. The van der Waals surface area contributed by atoms with Crippen molar-refractivity contribution in [3.8, 4) is 22.3 Å². The molecule has 3 aromatic heterocycles. The second-order valence-electron chi connectivity index (χ2n) is 4.96. The van der Waals surface area contributed by atoms with Gasteiger partial charge in [-0.2, -0.15) is 4.98 Å². The zero-order chi connectivity index (χ0) is 19.4. The van der Waals surface area contributed by atoms with Crippen LogP contribution in [0, 0.1) is 0 Å². The number of thiazole rings is 1. The molecule has 3 heterocycles. The summed E-state index contributed by atoms with van der Waals surface area (Å²) in [6, 6.07) is 1.42. The summed E-state index contributed by atoms with van der Waals surface area (Å²) in [6.45, 7) is -0.867. The molecule has 27 heavy (non-hydrogen) atoms. The lowest BCUT2D eigenvalue weighted by Crippen LogP contribution is -2.15. The zero-order valence-corrected chi connectivity index (χ0v) is 15.4. The van der Waals surface area contributed by atoms with Gasteiger partial charge in [-0.05, 0) is 6.07 Å². The van der Waals surface area contributed by atoms with E-state index in [2.05, 4.69) is 24.7 Å². The maximum absolute atomic E-state index is 12.5. The van der Waals surface area contributed by atoms with E-state index in [0.717, 1.165) is 6.20 Å². The molecule has 0 aliphatic heterocycles. The van der Waals surface area contributed by atoms with Gasteiger partial charge >= 0.3 is 0 Å². The van der Waals surface area contributed by atoms with Crippen molar-refractivity contribution in [2.24, 2.45) is 0 Å². The number of hydrogen-bond acceptors (Lipinski definition) is 8. The number of hydrogen-bond donors (Lipinski definition) is 2. The van der Waals surface area contributed by atoms with Crippen LogP contribution < -0.4 is 14.2 Å². The number of sulfonamides is 1. The Morgan fingerprint density at radius 3 is 2.85 bits per heavy atom. The summed E-state index contributed by atoms with van der Waals surface area (Å²) in [6.07, 6.45) is 1.26. The smallest absolute Gasteiger partial charge is 0.272 e. The Balaban J connectivity index is 1.79. The van der Waals surface area contributed by atoms with E-state index in [1.54, 1.807) is 11.6 Å². The summed E-state index contributed by atoms with van der Waals surface area (Å²) >= 11 is 1.35. The molecule has 0 aliphatic carbocycles.